The number of ether oxygens (including phenoxy) is 1. The molecule has 1 saturated heterocycles. The first kappa shape index (κ1) is 16.0. The maximum absolute atomic E-state index is 12.7. The maximum Gasteiger partial charge on any atom is 0.246 e. The lowest BCUT2D eigenvalue weighted by Crippen LogP contribution is -2.49. The SMILES string of the molecule is COc1cc(N)ccc1S(=O)(=O)N1CCN(CCO)CC1. The summed E-state index contributed by atoms with van der Waals surface area (Å²) < 4.78 is 31.9. The summed E-state index contributed by atoms with van der Waals surface area (Å²) in [5.41, 5.74) is 6.11. The Morgan fingerprint density at radius 3 is 2.52 bits per heavy atom. The number of rotatable bonds is 5. The van der Waals surface area contributed by atoms with Crippen LogP contribution in [0, 0.1) is 0 Å². The predicted octanol–water partition coefficient (Wildman–Crippen LogP) is -0.424. The number of aliphatic hydroxyl groups excluding tert-OH is 1. The molecule has 1 aliphatic rings. The minimum atomic E-state index is -3.60. The molecule has 21 heavy (non-hydrogen) atoms. The number of benzene rings is 1. The zero-order valence-corrected chi connectivity index (χ0v) is 12.8. The molecule has 1 fully saturated rings. The Balaban J connectivity index is 2.20. The van der Waals surface area contributed by atoms with Gasteiger partial charge in [-0.15, -0.1) is 0 Å². The molecule has 8 heteroatoms. The van der Waals surface area contributed by atoms with Gasteiger partial charge in [-0.3, -0.25) is 4.90 Å². The molecule has 0 amide bonds. The van der Waals surface area contributed by atoms with Crippen molar-refractivity contribution in [2.24, 2.45) is 0 Å². The number of nitrogen functional groups attached to an aromatic ring is 1. The number of nitrogens with zero attached hydrogens (tertiary/aromatic N) is 2. The van der Waals surface area contributed by atoms with E-state index in [2.05, 4.69) is 0 Å². The lowest BCUT2D eigenvalue weighted by atomic mass is 10.3. The van der Waals surface area contributed by atoms with E-state index < -0.39 is 10.0 Å². The van der Waals surface area contributed by atoms with Crippen LogP contribution in [0.3, 0.4) is 0 Å². The minimum Gasteiger partial charge on any atom is -0.495 e. The fraction of sp³-hybridized carbons (Fsp3) is 0.538. The lowest BCUT2D eigenvalue weighted by Gasteiger charge is -2.33. The van der Waals surface area contributed by atoms with Crippen molar-refractivity contribution in [3.63, 3.8) is 0 Å². The molecule has 1 aliphatic heterocycles. The van der Waals surface area contributed by atoms with Gasteiger partial charge in [0.2, 0.25) is 10.0 Å². The van der Waals surface area contributed by atoms with Gasteiger partial charge < -0.3 is 15.6 Å². The fourth-order valence-corrected chi connectivity index (χ4v) is 3.93. The second kappa shape index (κ2) is 6.61. The maximum atomic E-state index is 12.7. The molecule has 0 atom stereocenters. The highest BCUT2D eigenvalue weighted by molar-refractivity contribution is 7.89. The normalized spacial score (nSPS) is 17.8. The summed E-state index contributed by atoms with van der Waals surface area (Å²) in [6.07, 6.45) is 0. The van der Waals surface area contributed by atoms with E-state index >= 15 is 0 Å². The number of nitrogens with two attached hydrogens (primary N) is 1. The average Bonchev–Trinajstić information content (AvgIpc) is 2.47. The highest BCUT2D eigenvalue weighted by Crippen LogP contribution is 2.29. The molecule has 1 aromatic rings. The van der Waals surface area contributed by atoms with E-state index in [4.69, 9.17) is 15.6 Å². The summed E-state index contributed by atoms with van der Waals surface area (Å²) in [6.45, 7) is 2.66. The van der Waals surface area contributed by atoms with Gasteiger partial charge in [0.15, 0.2) is 0 Å². The van der Waals surface area contributed by atoms with Gasteiger partial charge in [-0.1, -0.05) is 0 Å². The molecule has 3 N–H and O–H groups in total. The molecule has 0 unspecified atom stereocenters. The van der Waals surface area contributed by atoms with Crippen molar-refractivity contribution < 1.29 is 18.3 Å². The predicted molar refractivity (Wildman–Crippen MR) is 79.7 cm³/mol. The average molecular weight is 315 g/mol. The minimum absolute atomic E-state index is 0.0819. The van der Waals surface area contributed by atoms with Crippen LogP contribution < -0.4 is 10.5 Å². The first-order chi connectivity index (χ1) is 9.98. The molecular weight excluding hydrogens is 294 g/mol. The molecule has 0 bridgehead atoms. The first-order valence-corrected chi connectivity index (χ1v) is 8.20. The summed E-state index contributed by atoms with van der Waals surface area (Å²) in [5.74, 6) is 0.257. The Morgan fingerprint density at radius 2 is 1.95 bits per heavy atom. The molecule has 0 radical (unpaired) electrons. The van der Waals surface area contributed by atoms with Crippen molar-refractivity contribution in [2.75, 3.05) is 52.2 Å². The molecule has 0 aliphatic carbocycles. The largest absolute Gasteiger partial charge is 0.495 e. The van der Waals surface area contributed by atoms with Gasteiger partial charge in [0.05, 0.1) is 13.7 Å². The van der Waals surface area contributed by atoms with Gasteiger partial charge in [0.1, 0.15) is 10.6 Å². The topological polar surface area (TPSA) is 96.1 Å². The molecular formula is C13H21N3O4S. The number of hydrogen-bond donors (Lipinski definition) is 2. The molecule has 1 heterocycles. The van der Waals surface area contributed by atoms with Crippen molar-refractivity contribution in [1.29, 1.82) is 0 Å². The number of anilines is 1. The van der Waals surface area contributed by atoms with Crippen LogP contribution in [0.1, 0.15) is 0 Å². The van der Waals surface area contributed by atoms with Crippen LogP contribution in [0.25, 0.3) is 0 Å². The number of β-amino-alcohol motifs (C(OH)–C–C–N with tert-alkyl or cyclic N) is 1. The van der Waals surface area contributed by atoms with Crippen molar-refractivity contribution in [3.05, 3.63) is 18.2 Å². The number of methoxy groups -OCH3 is 1. The zero-order valence-electron chi connectivity index (χ0n) is 12.0. The smallest absolute Gasteiger partial charge is 0.246 e. The van der Waals surface area contributed by atoms with Crippen molar-refractivity contribution in [2.45, 2.75) is 4.90 Å². The Hall–Kier alpha value is -1.35. The van der Waals surface area contributed by atoms with Gasteiger partial charge in [0.25, 0.3) is 0 Å². The number of piperazine rings is 1. The number of hydrogen-bond acceptors (Lipinski definition) is 6. The van der Waals surface area contributed by atoms with E-state index in [0.717, 1.165) is 0 Å². The van der Waals surface area contributed by atoms with E-state index in [1.165, 1.54) is 23.5 Å². The van der Waals surface area contributed by atoms with Crippen molar-refractivity contribution in [3.8, 4) is 5.75 Å². The Labute approximate surface area is 125 Å². The quantitative estimate of drug-likeness (QED) is 0.716. The lowest BCUT2D eigenvalue weighted by molar-refractivity contribution is 0.151. The van der Waals surface area contributed by atoms with Crippen LogP contribution >= 0.6 is 0 Å². The van der Waals surface area contributed by atoms with Crippen LogP contribution in [0.5, 0.6) is 5.75 Å². The number of aliphatic hydroxyl groups is 1. The molecule has 0 spiro atoms. The Kier molecular flexibility index (Phi) is 5.04. The van der Waals surface area contributed by atoms with Crippen molar-refractivity contribution in [1.82, 2.24) is 9.21 Å². The molecule has 0 aromatic heterocycles. The second-order valence-corrected chi connectivity index (χ2v) is 6.79. The molecule has 118 valence electrons. The molecule has 7 nitrogen and oxygen atoms in total. The summed E-state index contributed by atoms with van der Waals surface area (Å²) in [5, 5.41) is 8.91. The fourth-order valence-electron chi connectivity index (χ4n) is 2.37. The summed E-state index contributed by atoms with van der Waals surface area (Å²) in [7, 11) is -2.17. The molecule has 0 saturated carbocycles. The van der Waals surface area contributed by atoms with Crippen LogP contribution in [0.15, 0.2) is 23.1 Å². The van der Waals surface area contributed by atoms with E-state index in [-0.39, 0.29) is 17.3 Å². The van der Waals surface area contributed by atoms with Gasteiger partial charge in [-0.25, -0.2) is 8.42 Å². The summed E-state index contributed by atoms with van der Waals surface area (Å²) >= 11 is 0. The van der Waals surface area contributed by atoms with Gasteiger partial charge >= 0.3 is 0 Å². The molecule has 1 aromatic carbocycles. The van der Waals surface area contributed by atoms with E-state index in [1.54, 1.807) is 6.07 Å². The zero-order chi connectivity index (χ0) is 15.5. The van der Waals surface area contributed by atoms with Crippen LogP contribution in [0.2, 0.25) is 0 Å². The van der Waals surface area contributed by atoms with E-state index in [1.807, 2.05) is 4.90 Å². The van der Waals surface area contributed by atoms with Crippen LogP contribution in [-0.4, -0.2) is 69.2 Å². The standard InChI is InChI=1S/C13H21N3O4S/c1-20-12-10-11(14)2-3-13(12)21(18,19)16-6-4-15(5-7-16)8-9-17/h2-3,10,17H,4-9,14H2,1H3. The van der Waals surface area contributed by atoms with Gasteiger partial charge in [-0.05, 0) is 12.1 Å². The third-order valence-corrected chi connectivity index (χ3v) is 5.49. The Morgan fingerprint density at radius 1 is 1.29 bits per heavy atom. The Bertz CT molecular complexity index is 583. The van der Waals surface area contributed by atoms with Crippen molar-refractivity contribution >= 4 is 15.7 Å². The van der Waals surface area contributed by atoms with Crippen LogP contribution in [0.4, 0.5) is 5.69 Å². The third kappa shape index (κ3) is 3.46. The van der Waals surface area contributed by atoms with E-state index in [9.17, 15) is 8.42 Å². The highest BCUT2D eigenvalue weighted by Gasteiger charge is 2.30. The summed E-state index contributed by atoms with van der Waals surface area (Å²) in [6, 6.07) is 4.54. The van der Waals surface area contributed by atoms with Crippen LogP contribution in [-0.2, 0) is 10.0 Å². The molecule has 2 rings (SSSR count). The summed E-state index contributed by atoms with van der Waals surface area (Å²) in [4.78, 5) is 2.17. The first-order valence-electron chi connectivity index (χ1n) is 6.76. The highest BCUT2D eigenvalue weighted by atomic mass is 32.2. The van der Waals surface area contributed by atoms with Gasteiger partial charge in [0, 0.05) is 44.5 Å². The van der Waals surface area contributed by atoms with E-state index in [0.29, 0.717) is 38.4 Å². The number of sulfonamides is 1. The third-order valence-electron chi connectivity index (χ3n) is 3.55. The second-order valence-electron chi connectivity index (χ2n) is 4.88. The monoisotopic (exact) mass is 315 g/mol. The van der Waals surface area contributed by atoms with Gasteiger partial charge in [-0.2, -0.15) is 4.31 Å².